The molecule has 1 saturated carbocycles. The summed E-state index contributed by atoms with van der Waals surface area (Å²) in [5, 5.41) is 11.8. The molecule has 178 valence electrons. The highest BCUT2D eigenvalue weighted by Crippen LogP contribution is 2.40. The van der Waals surface area contributed by atoms with E-state index in [4.69, 9.17) is 4.74 Å². The molecule has 2 N–H and O–H groups in total. The van der Waals surface area contributed by atoms with E-state index in [2.05, 4.69) is 5.32 Å². The Morgan fingerprint density at radius 1 is 1.21 bits per heavy atom. The number of nitrogens with one attached hydrogen (secondary N) is 1. The highest BCUT2D eigenvalue weighted by atomic mass is 19.1. The maximum atomic E-state index is 15.8. The van der Waals surface area contributed by atoms with E-state index in [0.717, 1.165) is 12.3 Å². The lowest BCUT2D eigenvalue weighted by Gasteiger charge is -2.24. The second kappa shape index (κ2) is 8.00. The molecular weight excluding hydrogens is 436 g/mol. The molecule has 0 radical (unpaired) electrons. The number of carboxylic acids is 1. The number of pyridine rings is 1. The van der Waals surface area contributed by atoms with Crippen LogP contribution >= 0.6 is 0 Å². The standard InChI is InChI=1S/C23H27F2N3O5/c1-11-8-27(10-16(11)26-22(32)33-23(2,3)4)19-15(24)7-13-18(17(19)25)28(12-5-6-12)9-14(20(13)29)21(30)31/h7,9,11-12,16H,5-6,8,10H2,1-4H3,(H,26,32)(H,30,31)/t11-,16+/m0/s1. The summed E-state index contributed by atoms with van der Waals surface area (Å²) < 4.78 is 37.6. The average Bonchev–Trinajstić information content (AvgIpc) is 3.45. The molecule has 0 spiro atoms. The molecule has 2 heterocycles. The van der Waals surface area contributed by atoms with E-state index in [1.165, 1.54) is 9.47 Å². The van der Waals surface area contributed by atoms with E-state index in [-0.39, 0.29) is 41.6 Å². The van der Waals surface area contributed by atoms with Gasteiger partial charge in [-0.25, -0.2) is 18.4 Å². The first-order chi connectivity index (χ1) is 15.4. The Balaban J connectivity index is 1.73. The second-order valence-electron chi connectivity index (χ2n) is 9.87. The number of anilines is 1. The maximum absolute atomic E-state index is 15.8. The van der Waals surface area contributed by atoms with E-state index in [9.17, 15) is 19.5 Å². The minimum Gasteiger partial charge on any atom is -0.477 e. The highest BCUT2D eigenvalue weighted by molar-refractivity contribution is 5.94. The number of carbonyl (C=O) groups is 2. The lowest BCUT2D eigenvalue weighted by molar-refractivity contribution is 0.0499. The molecule has 10 heteroatoms. The summed E-state index contributed by atoms with van der Waals surface area (Å²) in [4.78, 5) is 37.8. The molecule has 1 aliphatic heterocycles. The predicted octanol–water partition coefficient (Wildman–Crippen LogP) is 3.66. The first-order valence-corrected chi connectivity index (χ1v) is 10.9. The number of alkyl carbamates (subject to hydrolysis) is 1. The normalized spacial score (nSPS) is 20.8. The first-order valence-electron chi connectivity index (χ1n) is 10.9. The van der Waals surface area contributed by atoms with Gasteiger partial charge in [0.25, 0.3) is 0 Å². The summed E-state index contributed by atoms with van der Waals surface area (Å²) in [6.45, 7) is 7.52. The summed E-state index contributed by atoms with van der Waals surface area (Å²) in [6, 6.07) is 0.383. The zero-order chi connectivity index (χ0) is 24.2. The first kappa shape index (κ1) is 23.0. The molecular formula is C23H27F2N3O5. The van der Waals surface area contributed by atoms with E-state index in [1.807, 2.05) is 6.92 Å². The summed E-state index contributed by atoms with van der Waals surface area (Å²) in [7, 11) is 0. The molecule has 8 nitrogen and oxygen atoms in total. The van der Waals surface area contributed by atoms with Crippen molar-refractivity contribution in [2.45, 2.75) is 58.2 Å². The third-order valence-electron chi connectivity index (χ3n) is 5.99. The molecule has 2 aliphatic rings. The number of fused-ring (bicyclic) bond motifs is 1. The molecule has 33 heavy (non-hydrogen) atoms. The molecule has 1 saturated heterocycles. The van der Waals surface area contributed by atoms with Crippen LogP contribution in [0.4, 0.5) is 19.3 Å². The van der Waals surface area contributed by atoms with Crippen LogP contribution in [0.15, 0.2) is 17.1 Å². The van der Waals surface area contributed by atoms with Gasteiger partial charge >= 0.3 is 12.1 Å². The number of hydrogen-bond acceptors (Lipinski definition) is 5. The van der Waals surface area contributed by atoms with Crippen LogP contribution in [0.25, 0.3) is 10.9 Å². The minimum atomic E-state index is -1.44. The number of rotatable bonds is 4. The Kier molecular flexibility index (Phi) is 5.58. The molecule has 1 aliphatic carbocycles. The van der Waals surface area contributed by atoms with Crippen molar-refractivity contribution in [3.8, 4) is 0 Å². The Morgan fingerprint density at radius 2 is 1.88 bits per heavy atom. The van der Waals surface area contributed by atoms with E-state index in [1.54, 1.807) is 20.8 Å². The molecule has 2 fully saturated rings. The average molecular weight is 463 g/mol. The van der Waals surface area contributed by atoms with Crippen molar-refractivity contribution >= 4 is 28.7 Å². The Hall–Kier alpha value is -3.17. The molecule has 1 aromatic carbocycles. The van der Waals surface area contributed by atoms with Crippen LogP contribution in [-0.2, 0) is 4.74 Å². The number of hydrogen-bond donors (Lipinski definition) is 2. The van der Waals surface area contributed by atoms with Gasteiger partial charge in [0.2, 0.25) is 5.43 Å². The number of amides is 1. The van der Waals surface area contributed by atoms with Crippen LogP contribution in [0.3, 0.4) is 0 Å². The SMILES string of the molecule is C[C@H]1CN(c2c(F)cc3c(=O)c(C(=O)O)cn(C4CC4)c3c2F)C[C@H]1NC(=O)OC(C)(C)C. The molecule has 2 atom stereocenters. The van der Waals surface area contributed by atoms with Crippen molar-refractivity contribution < 1.29 is 28.2 Å². The van der Waals surface area contributed by atoms with Crippen molar-refractivity contribution in [2.24, 2.45) is 5.92 Å². The zero-order valence-corrected chi connectivity index (χ0v) is 18.9. The molecule has 1 amide bonds. The van der Waals surface area contributed by atoms with Crippen LogP contribution in [0, 0.1) is 17.6 Å². The van der Waals surface area contributed by atoms with Crippen molar-refractivity contribution in [1.29, 1.82) is 0 Å². The van der Waals surface area contributed by atoms with Gasteiger partial charge in [-0.05, 0) is 45.6 Å². The highest BCUT2D eigenvalue weighted by Gasteiger charge is 2.36. The van der Waals surface area contributed by atoms with Gasteiger partial charge in [-0.15, -0.1) is 0 Å². The lowest BCUT2D eigenvalue weighted by Crippen LogP contribution is -2.42. The van der Waals surface area contributed by atoms with Crippen LogP contribution in [0.5, 0.6) is 0 Å². The topological polar surface area (TPSA) is 101 Å². The van der Waals surface area contributed by atoms with Crippen LogP contribution in [0.2, 0.25) is 0 Å². The number of carbonyl (C=O) groups excluding carboxylic acids is 1. The van der Waals surface area contributed by atoms with E-state index in [0.29, 0.717) is 12.8 Å². The van der Waals surface area contributed by atoms with E-state index < -0.39 is 46.3 Å². The van der Waals surface area contributed by atoms with E-state index >= 15 is 8.78 Å². The van der Waals surface area contributed by atoms with Crippen LogP contribution in [0.1, 0.15) is 56.9 Å². The van der Waals surface area contributed by atoms with Crippen LogP contribution in [-0.4, -0.2) is 46.5 Å². The van der Waals surface area contributed by atoms with Gasteiger partial charge in [-0.3, -0.25) is 4.79 Å². The van der Waals surface area contributed by atoms with Gasteiger partial charge in [0.15, 0.2) is 5.82 Å². The number of halogens is 2. The molecule has 1 aromatic heterocycles. The van der Waals surface area contributed by atoms with Gasteiger partial charge in [0.05, 0.1) is 16.9 Å². The predicted molar refractivity (Wildman–Crippen MR) is 118 cm³/mol. The number of carboxylic acid groups (broad SMARTS) is 1. The summed E-state index contributed by atoms with van der Waals surface area (Å²) >= 11 is 0. The monoisotopic (exact) mass is 463 g/mol. The quantitative estimate of drug-likeness (QED) is 0.718. The molecule has 0 unspecified atom stereocenters. The third kappa shape index (κ3) is 4.38. The fourth-order valence-electron chi connectivity index (χ4n) is 4.31. The van der Waals surface area contributed by atoms with Crippen molar-refractivity contribution in [2.75, 3.05) is 18.0 Å². The summed E-state index contributed by atoms with van der Waals surface area (Å²) in [5.41, 5.74) is -2.50. The minimum absolute atomic E-state index is 0.0971. The van der Waals surface area contributed by atoms with Gasteiger partial charge in [-0.2, -0.15) is 0 Å². The van der Waals surface area contributed by atoms with Gasteiger partial charge in [0.1, 0.15) is 22.7 Å². The third-order valence-corrected chi connectivity index (χ3v) is 5.99. The van der Waals surface area contributed by atoms with Gasteiger partial charge < -0.3 is 24.6 Å². The maximum Gasteiger partial charge on any atom is 0.407 e. The fraction of sp³-hybridized carbons (Fsp3) is 0.522. The smallest absolute Gasteiger partial charge is 0.407 e. The summed E-state index contributed by atoms with van der Waals surface area (Å²) in [6.07, 6.45) is 1.97. The fourth-order valence-corrected chi connectivity index (χ4v) is 4.31. The molecule has 0 bridgehead atoms. The Bertz CT molecular complexity index is 1200. The van der Waals surface area contributed by atoms with Gasteiger partial charge in [-0.1, -0.05) is 6.92 Å². The molecule has 4 rings (SSSR count). The zero-order valence-electron chi connectivity index (χ0n) is 18.9. The number of ether oxygens (including phenoxy) is 1. The lowest BCUT2D eigenvalue weighted by atomic mass is 10.1. The Labute approximate surface area is 189 Å². The van der Waals surface area contributed by atoms with Crippen molar-refractivity contribution in [3.05, 3.63) is 39.7 Å². The number of benzene rings is 1. The van der Waals surface area contributed by atoms with Crippen molar-refractivity contribution in [3.63, 3.8) is 0 Å². The number of nitrogens with zero attached hydrogens (tertiary/aromatic N) is 2. The molecule has 2 aromatic rings. The van der Waals surface area contributed by atoms with Crippen molar-refractivity contribution in [1.82, 2.24) is 9.88 Å². The number of aromatic nitrogens is 1. The largest absolute Gasteiger partial charge is 0.477 e. The Morgan fingerprint density at radius 3 is 2.45 bits per heavy atom. The van der Waals surface area contributed by atoms with Gasteiger partial charge in [0, 0.05) is 25.3 Å². The summed E-state index contributed by atoms with van der Waals surface area (Å²) in [5.74, 6) is -3.42. The van der Waals surface area contributed by atoms with Crippen LogP contribution < -0.4 is 15.6 Å². The number of aromatic carboxylic acids is 1. The second-order valence-corrected chi connectivity index (χ2v) is 9.87.